The molecule has 0 unspecified atom stereocenters. The maximum absolute atomic E-state index is 6.86. The average Bonchev–Trinajstić information content (AvgIpc) is 3.50. The minimum absolute atomic E-state index is 0.444. The normalized spacial score (nSPS) is 16.0. The van der Waals surface area contributed by atoms with Crippen molar-refractivity contribution in [2.75, 3.05) is 4.90 Å². The Labute approximate surface area is 251 Å². The van der Waals surface area contributed by atoms with Gasteiger partial charge in [-0.05, 0) is 79.6 Å². The van der Waals surface area contributed by atoms with Crippen LogP contribution in [0.4, 0.5) is 17.1 Å². The van der Waals surface area contributed by atoms with Gasteiger partial charge in [0.05, 0.1) is 16.9 Å². The summed E-state index contributed by atoms with van der Waals surface area (Å²) in [6.07, 6.45) is 0. The topological polar surface area (TPSA) is 34.8 Å². The maximum atomic E-state index is 6.86. The minimum atomic E-state index is -0.519. The van der Waals surface area contributed by atoms with Crippen LogP contribution in [0.5, 0.6) is 0 Å². The number of hydrogen-bond acceptors (Lipinski definition) is 4. The van der Waals surface area contributed by atoms with E-state index >= 15 is 0 Å². The van der Waals surface area contributed by atoms with E-state index < -0.39 is 18.3 Å². The number of nitrogens with zero attached hydrogens (tertiary/aromatic N) is 1. The van der Waals surface area contributed by atoms with Crippen LogP contribution in [-0.2, 0) is 9.31 Å². The molecule has 0 atom stereocenters. The zero-order valence-corrected chi connectivity index (χ0v) is 24.8. The van der Waals surface area contributed by atoms with Gasteiger partial charge in [0, 0.05) is 27.6 Å². The number of benzene rings is 6. The van der Waals surface area contributed by atoms with E-state index in [1.165, 1.54) is 21.5 Å². The van der Waals surface area contributed by atoms with Crippen molar-refractivity contribution in [2.45, 2.75) is 38.9 Å². The van der Waals surface area contributed by atoms with Gasteiger partial charge >= 0.3 is 7.12 Å². The second-order valence-electron chi connectivity index (χ2n) is 12.5. The van der Waals surface area contributed by atoms with Gasteiger partial charge in [0.15, 0.2) is 5.58 Å². The molecule has 1 aromatic heterocycles. The lowest BCUT2D eigenvalue weighted by molar-refractivity contribution is 0.00578. The second kappa shape index (κ2) is 9.47. The van der Waals surface area contributed by atoms with E-state index in [4.69, 9.17) is 13.7 Å². The molecule has 43 heavy (non-hydrogen) atoms. The fourth-order valence-corrected chi connectivity index (χ4v) is 6.22. The van der Waals surface area contributed by atoms with E-state index in [0.29, 0.717) is 0 Å². The van der Waals surface area contributed by atoms with Gasteiger partial charge in [-0.15, -0.1) is 0 Å². The molecule has 1 aliphatic heterocycles. The minimum Gasteiger partial charge on any atom is -0.454 e. The molecule has 8 rings (SSSR count). The monoisotopic (exact) mass is 561 g/mol. The summed E-state index contributed by atoms with van der Waals surface area (Å²) in [6.45, 7) is 8.31. The van der Waals surface area contributed by atoms with Crippen molar-refractivity contribution in [3.63, 3.8) is 0 Å². The molecule has 2 heterocycles. The first kappa shape index (κ1) is 26.1. The first-order chi connectivity index (χ1) is 20.8. The molecule has 1 saturated heterocycles. The van der Waals surface area contributed by atoms with Crippen molar-refractivity contribution < 1.29 is 13.7 Å². The predicted molar refractivity (Wildman–Crippen MR) is 179 cm³/mol. The number of anilines is 3. The van der Waals surface area contributed by atoms with E-state index in [9.17, 15) is 0 Å². The Morgan fingerprint density at radius 3 is 1.60 bits per heavy atom. The molecular weight excluding hydrogens is 529 g/mol. The fourth-order valence-electron chi connectivity index (χ4n) is 6.22. The van der Waals surface area contributed by atoms with Crippen molar-refractivity contribution in [3.8, 4) is 0 Å². The SMILES string of the molecule is CC1(C)OB(c2cccc3c2oc2c(N(c4ccc5ccccc5c4)c4ccc5ccccc5c4)cccc23)OC1(C)C. The fraction of sp³-hybridized carbons (Fsp3) is 0.158. The van der Waals surface area contributed by atoms with Crippen molar-refractivity contribution in [3.05, 3.63) is 121 Å². The molecule has 0 radical (unpaired) electrons. The van der Waals surface area contributed by atoms with Crippen LogP contribution in [-0.4, -0.2) is 18.3 Å². The summed E-state index contributed by atoms with van der Waals surface area (Å²) in [4.78, 5) is 2.30. The third-order valence-corrected chi connectivity index (χ3v) is 9.26. The van der Waals surface area contributed by atoms with Crippen LogP contribution in [0.15, 0.2) is 126 Å². The number of rotatable bonds is 4. The Morgan fingerprint density at radius 2 is 1.02 bits per heavy atom. The predicted octanol–water partition coefficient (Wildman–Crippen LogP) is 9.66. The lowest BCUT2D eigenvalue weighted by Gasteiger charge is -2.32. The molecule has 0 amide bonds. The summed E-state index contributed by atoms with van der Waals surface area (Å²) >= 11 is 0. The van der Waals surface area contributed by atoms with E-state index in [-0.39, 0.29) is 0 Å². The van der Waals surface area contributed by atoms with Crippen LogP contribution in [0.25, 0.3) is 43.5 Å². The van der Waals surface area contributed by atoms with Crippen LogP contribution >= 0.6 is 0 Å². The summed E-state index contributed by atoms with van der Waals surface area (Å²) < 4.78 is 19.8. The largest absolute Gasteiger partial charge is 0.498 e. The van der Waals surface area contributed by atoms with Crippen LogP contribution < -0.4 is 10.4 Å². The Morgan fingerprint density at radius 1 is 0.512 bits per heavy atom. The maximum Gasteiger partial charge on any atom is 0.498 e. The average molecular weight is 561 g/mol. The zero-order chi connectivity index (χ0) is 29.3. The van der Waals surface area contributed by atoms with E-state index in [1.54, 1.807) is 0 Å². The smallest absolute Gasteiger partial charge is 0.454 e. The summed E-state index contributed by atoms with van der Waals surface area (Å²) in [5.41, 5.74) is 4.73. The van der Waals surface area contributed by atoms with Gasteiger partial charge in [-0.3, -0.25) is 0 Å². The van der Waals surface area contributed by atoms with Crippen molar-refractivity contribution in [2.24, 2.45) is 0 Å². The van der Waals surface area contributed by atoms with Crippen LogP contribution in [0.2, 0.25) is 0 Å². The van der Waals surface area contributed by atoms with Gasteiger partial charge in [-0.2, -0.15) is 0 Å². The van der Waals surface area contributed by atoms with E-state index in [1.807, 2.05) is 0 Å². The number of para-hydroxylation sites is 2. The van der Waals surface area contributed by atoms with Crippen LogP contribution in [0, 0.1) is 0 Å². The molecule has 0 spiro atoms. The highest BCUT2D eigenvalue weighted by Crippen LogP contribution is 2.44. The quantitative estimate of drug-likeness (QED) is 0.201. The van der Waals surface area contributed by atoms with Gasteiger partial charge in [0.2, 0.25) is 0 Å². The van der Waals surface area contributed by atoms with Crippen LogP contribution in [0.3, 0.4) is 0 Å². The Balaban J connectivity index is 1.36. The molecule has 0 N–H and O–H groups in total. The summed E-state index contributed by atoms with van der Waals surface area (Å²) in [5, 5.41) is 6.88. The second-order valence-corrected chi connectivity index (χ2v) is 12.5. The highest BCUT2D eigenvalue weighted by Gasteiger charge is 2.52. The third kappa shape index (κ3) is 4.15. The first-order valence-corrected chi connectivity index (χ1v) is 14.9. The van der Waals surface area contributed by atoms with Crippen molar-refractivity contribution >= 4 is 73.1 Å². The number of fused-ring (bicyclic) bond motifs is 5. The number of hydrogen-bond donors (Lipinski definition) is 0. The highest BCUT2D eigenvalue weighted by molar-refractivity contribution is 6.65. The Bertz CT molecular complexity index is 2080. The third-order valence-electron chi connectivity index (χ3n) is 9.26. The lowest BCUT2D eigenvalue weighted by Crippen LogP contribution is -2.41. The lowest BCUT2D eigenvalue weighted by atomic mass is 9.78. The molecule has 0 aliphatic carbocycles. The van der Waals surface area contributed by atoms with Crippen molar-refractivity contribution in [1.29, 1.82) is 0 Å². The molecule has 4 nitrogen and oxygen atoms in total. The number of furan rings is 1. The van der Waals surface area contributed by atoms with Crippen molar-refractivity contribution in [1.82, 2.24) is 0 Å². The molecular formula is C38H32BNO3. The highest BCUT2D eigenvalue weighted by atomic mass is 16.7. The Hall–Kier alpha value is -4.58. The molecule has 6 aromatic carbocycles. The standard InChI is InChI=1S/C38H32BNO3/c1-37(2)38(3,4)43-39(42-37)33-17-9-15-31-32-16-10-18-34(36(32)41-35(31)33)40(29-21-19-25-11-5-7-13-27(25)23-29)30-22-20-26-12-6-8-14-28(26)24-30/h5-24H,1-4H3. The summed E-state index contributed by atoms with van der Waals surface area (Å²) in [7, 11) is -0.519. The van der Waals surface area contributed by atoms with Gasteiger partial charge in [0.1, 0.15) is 5.58 Å². The molecule has 0 bridgehead atoms. The first-order valence-electron chi connectivity index (χ1n) is 14.9. The summed E-state index contributed by atoms with van der Waals surface area (Å²) in [5.74, 6) is 0. The van der Waals surface area contributed by atoms with Crippen LogP contribution in [0.1, 0.15) is 27.7 Å². The molecule has 1 fully saturated rings. The van der Waals surface area contributed by atoms with Gasteiger partial charge < -0.3 is 18.6 Å². The Kier molecular flexibility index (Phi) is 5.74. The molecule has 5 heteroatoms. The molecule has 0 saturated carbocycles. The van der Waals surface area contributed by atoms with E-state index in [2.05, 4.69) is 154 Å². The molecule has 210 valence electrons. The van der Waals surface area contributed by atoms with Gasteiger partial charge in [-0.25, -0.2) is 0 Å². The zero-order valence-electron chi connectivity index (χ0n) is 24.8. The van der Waals surface area contributed by atoms with E-state index in [0.717, 1.165) is 44.5 Å². The van der Waals surface area contributed by atoms with Gasteiger partial charge in [0.25, 0.3) is 0 Å². The van der Waals surface area contributed by atoms with Gasteiger partial charge in [-0.1, -0.05) is 91.0 Å². The summed E-state index contributed by atoms with van der Waals surface area (Å²) in [6, 6.07) is 42.8. The molecule has 1 aliphatic rings. The molecule has 7 aromatic rings.